The summed E-state index contributed by atoms with van der Waals surface area (Å²) >= 11 is 0. The molecule has 2 rings (SSSR count). The van der Waals surface area contributed by atoms with Gasteiger partial charge in [-0.15, -0.1) is 0 Å². The van der Waals surface area contributed by atoms with Crippen molar-refractivity contribution in [3.05, 3.63) is 0 Å². The summed E-state index contributed by atoms with van der Waals surface area (Å²) in [6, 6.07) is 0.377. The molecule has 0 aromatic heterocycles. The molecule has 4 heteroatoms. The van der Waals surface area contributed by atoms with Crippen LogP contribution in [0.4, 0.5) is 0 Å². The fourth-order valence-corrected chi connectivity index (χ4v) is 2.25. The van der Waals surface area contributed by atoms with Gasteiger partial charge >= 0.3 is 0 Å². The Balaban J connectivity index is 2.10. The summed E-state index contributed by atoms with van der Waals surface area (Å²) in [5.74, 6) is 0. The van der Waals surface area contributed by atoms with E-state index in [9.17, 15) is 10.2 Å². The molecule has 12 heavy (non-hydrogen) atoms. The van der Waals surface area contributed by atoms with Crippen molar-refractivity contribution in [1.29, 1.82) is 0 Å². The van der Waals surface area contributed by atoms with Crippen LogP contribution in [0.3, 0.4) is 0 Å². The van der Waals surface area contributed by atoms with Crippen molar-refractivity contribution in [2.75, 3.05) is 6.54 Å². The average molecular weight is 172 g/mol. The number of fused-ring (bicyclic) bond motifs is 2. The van der Waals surface area contributed by atoms with Crippen LogP contribution in [-0.2, 0) is 0 Å². The lowest BCUT2D eigenvalue weighted by Gasteiger charge is -2.28. The molecule has 0 spiro atoms. The van der Waals surface area contributed by atoms with Crippen molar-refractivity contribution in [2.45, 2.75) is 44.1 Å². The monoisotopic (exact) mass is 172 g/mol. The van der Waals surface area contributed by atoms with E-state index in [1.165, 1.54) is 0 Å². The topological polar surface area (TPSA) is 55.7 Å². The average Bonchev–Trinajstić information content (AvgIpc) is 2.42. The highest BCUT2D eigenvalue weighted by Gasteiger charge is 2.44. The van der Waals surface area contributed by atoms with Crippen LogP contribution < -0.4 is 5.43 Å². The fraction of sp³-hybridized carbons (Fsp3) is 1.00. The van der Waals surface area contributed by atoms with Crippen LogP contribution in [-0.4, -0.2) is 46.1 Å². The molecule has 2 fully saturated rings. The van der Waals surface area contributed by atoms with Crippen LogP contribution in [0.5, 0.6) is 0 Å². The molecule has 2 aliphatic rings. The van der Waals surface area contributed by atoms with Crippen molar-refractivity contribution >= 4 is 0 Å². The van der Waals surface area contributed by atoms with Gasteiger partial charge in [-0.1, -0.05) is 6.92 Å². The summed E-state index contributed by atoms with van der Waals surface area (Å²) < 4.78 is 0. The Hall–Kier alpha value is -0.160. The first-order valence-corrected chi connectivity index (χ1v) is 4.61. The van der Waals surface area contributed by atoms with E-state index < -0.39 is 0 Å². The third-order valence-electron chi connectivity index (χ3n) is 2.96. The molecule has 0 aromatic rings. The Kier molecular flexibility index (Phi) is 2.08. The van der Waals surface area contributed by atoms with Gasteiger partial charge in [-0.2, -0.15) is 0 Å². The van der Waals surface area contributed by atoms with E-state index in [0.717, 1.165) is 13.0 Å². The van der Waals surface area contributed by atoms with Gasteiger partial charge in [-0.3, -0.25) is 0 Å². The quantitative estimate of drug-likeness (QED) is 0.479. The zero-order valence-electron chi connectivity index (χ0n) is 7.27. The summed E-state index contributed by atoms with van der Waals surface area (Å²) in [6.07, 6.45) is 0.633. The summed E-state index contributed by atoms with van der Waals surface area (Å²) in [6.45, 7) is 2.93. The first-order chi connectivity index (χ1) is 5.72. The van der Waals surface area contributed by atoms with Crippen molar-refractivity contribution in [2.24, 2.45) is 0 Å². The molecule has 3 N–H and O–H groups in total. The Labute approximate surface area is 72.2 Å². The van der Waals surface area contributed by atoms with Crippen LogP contribution in [0.1, 0.15) is 19.8 Å². The summed E-state index contributed by atoms with van der Waals surface area (Å²) in [7, 11) is 0. The second-order valence-electron chi connectivity index (χ2n) is 3.70. The maximum Gasteiger partial charge on any atom is 0.0735 e. The molecule has 2 bridgehead atoms. The van der Waals surface area contributed by atoms with E-state index >= 15 is 0 Å². The smallest absolute Gasteiger partial charge is 0.0735 e. The second-order valence-corrected chi connectivity index (χ2v) is 3.70. The molecule has 0 radical (unpaired) electrons. The second kappa shape index (κ2) is 2.96. The third kappa shape index (κ3) is 1.15. The molecule has 1 saturated carbocycles. The van der Waals surface area contributed by atoms with Crippen molar-refractivity contribution in [3.63, 3.8) is 0 Å². The van der Waals surface area contributed by atoms with E-state index in [2.05, 4.69) is 5.43 Å². The first kappa shape index (κ1) is 8.44. The molecule has 1 aliphatic heterocycles. The van der Waals surface area contributed by atoms with Gasteiger partial charge in [0.25, 0.3) is 0 Å². The minimum atomic E-state index is -0.382. The maximum atomic E-state index is 9.63. The van der Waals surface area contributed by atoms with E-state index in [1.54, 1.807) is 0 Å². The number of rotatable bonds is 1. The zero-order chi connectivity index (χ0) is 8.72. The number of nitrogens with zero attached hydrogens (tertiary/aromatic N) is 1. The highest BCUT2D eigenvalue weighted by atomic mass is 16.3. The molecule has 1 aliphatic carbocycles. The van der Waals surface area contributed by atoms with Gasteiger partial charge in [-0.25, -0.2) is 10.4 Å². The molecule has 0 aromatic carbocycles. The van der Waals surface area contributed by atoms with E-state index in [0.29, 0.717) is 6.42 Å². The van der Waals surface area contributed by atoms with Crippen LogP contribution >= 0.6 is 0 Å². The molecule has 1 heterocycles. The number of hydrogen-bond acceptors (Lipinski definition) is 4. The van der Waals surface area contributed by atoms with Gasteiger partial charge in [0.1, 0.15) is 0 Å². The van der Waals surface area contributed by atoms with Gasteiger partial charge in [0.2, 0.25) is 0 Å². The molecule has 4 atom stereocenters. The first-order valence-electron chi connectivity index (χ1n) is 4.61. The van der Waals surface area contributed by atoms with Gasteiger partial charge in [0.05, 0.1) is 18.2 Å². The van der Waals surface area contributed by atoms with Gasteiger partial charge in [-0.05, 0) is 6.42 Å². The minimum Gasteiger partial charge on any atom is -0.391 e. The summed E-state index contributed by atoms with van der Waals surface area (Å²) in [4.78, 5) is 0. The molecular weight excluding hydrogens is 156 g/mol. The molecular formula is C8H16N2O2. The number of nitrogens with one attached hydrogen (secondary N) is 1. The molecule has 1 saturated heterocycles. The number of hydrogen-bond donors (Lipinski definition) is 3. The van der Waals surface area contributed by atoms with Crippen molar-refractivity contribution < 1.29 is 10.2 Å². The SMILES string of the molecule is CCN1NC2CC1C(O)CC2O. The summed E-state index contributed by atoms with van der Waals surface area (Å²) in [5.41, 5.74) is 3.21. The Bertz CT molecular complexity index is 174. The fourth-order valence-electron chi connectivity index (χ4n) is 2.25. The molecule has 70 valence electrons. The lowest BCUT2D eigenvalue weighted by Crippen LogP contribution is -2.42. The van der Waals surface area contributed by atoms with E-state index in [-0.39, 0.29) is 24.3 Å². The lowest BCUT2D eigenvalue weighted by molar-refractivity contribution is 0.0153. The number of likely N-dealkylation sites (N-methyl/N-ethyl adjacent to an activating group) is 1. The van der Waals surface area contributed by atoms with Crippen molar-refractivity contribution in [3.8, 4) is 0 Å². The van der Waals surface area contributed by atoms with Crippen LogP contribution in [0.2, 0.25) is 0 Å². The molecule has 4 unspecified atom stereocenters. The Morgan fingerprint density at radius 3 is 2.75 bits per heavy atom. The highest BCUT2D eigenvalue weighted by molar-refractivity contribution is 4.98. The predicted octanol–water partition coefficient (Wildman–Crippen LogP) is -0.921. The Morgan fingerprint density at radius 1 is 1.33 bits per heavy atom. The number of hydrazine groups is 1. The number of aliphatic hydroxyl groups excluding tert-OH is 2. The summed E-state index contributed by atoms with van der Waals surface area (Å²) in [5, 5.41) is 21.2. The largest absolute Gasteiger partial charge is 0.391 e. The number of aliphatic hydroxyl groups is 2. The minimum absolute atomic E-state index is 0.165. The zero-order valence-corrected chi connectivity index (χ0v) is 7.27. The van der Waals surface area contributed by atoms with Gasteiger partial charge < -0.3 is 10.2 Å². The van der Waals surface area contributed by atoms with Crippen molar-refractivity contribution in [1.82, 2.24) is 10.4 Å². The van der Waals surface area contributed by atoms with E-state index in [4.69, 9.17) is 0 Å². The van der Waals surface area contributed by atoms with Gasteiger partial charge in [0, 0.05) is 19.0 Å². The van der Waals surface area contributed by atoms with Gasteiger partial charge in [0.15, 0.2) is 0 Å². The van der Waals surface area contributed by atoms with Crippen LogP contribution in [0, 0.1) is 0 Å². The third-order valence-corrected chi connectivity index (χ3v) is 2.96. The standard InChI is InChI=1S/C8H16N2O2/c1-2-10-6-3-5(9-10)7(11)4-8(6)12/h5-9,11-12H,2-4H2,1H3. The van der Waals surface area contributed by atoms with E-state index in [1.807, 2.05) is 11.9 Å². The Morgan fingerprint density at radius 2 is 2.08 bits per heavy atom. The predicted molar refractivity (Wildman–Crippen MR) is 44.3 cm³/mol. The van der Waals surface area contributed by atoms with Crippen LogP contribution in [0.25, 0.3) is 0 Å². The maximum absolute atomic E-state index is 9.63. The lowest BCUT2D eigenvalue weighted by atomic mass is 9.89. The molecule has 0 amide bonds. The van der Waals surface area contributed by atoms with Crippen LogP contribution in [0.15, 0.2) is 0 Å². The highest BCUT2D eigenvalue weighted by Crippen LogP contribution is 2.28. The normalized spacial score (nSPS) is 48.2. The molecule has 4 nitrogen and oxygen atoms in total.